The molecule has 166 valence electrons. The Hall–Kier alpha value is -2.25. The van der Waals surface area contributed by atoms with Gasteiger partial charge in [0.2, 0.25) is 17.7 Å². The number of carboxylic acids is 1. The maximum atomic E-state index is 12.9. The smallest absolute Gasteiger partial charge is 0.327 e. The minimum absolute atomic E-state index is 0.0145. The first-order valence-electron chi connectivity index (χ1n) is 9.37. The number of carbonyl (C=O) groups is 4. The van der Waals surface area contributed by atoms with E-state index >= 15 is 0 Å². The molecule has 3 amide bonds. The van der Waals surface area contributed by atoms with Crippen LogP contribution in [0.25, 0.3) is 0 Å². The second kappa shape index (κ2) is 11.2. The summed E-state index contributed by atoms with van der Waals surface area (Å²) in [5, 5.41) is 14.1. The van der Waals surface area contributed by atoms with E-state index in [4.69, 9.17) is 10.8 Å². The second-order valence-electron chi connectivity index (χ2n) is 6.90. The number of aromatic nitrogens is 2. The Balaban J connectivity index is 1.99. The summed E-state index contributed by atoms with van der Waals surface area (Å²) >= 11 is 8.07. The van der Waals surface area contributed by atoms with Gasteiger partial charge in [0.1, 0.15) is 18.1 Å². The van der Waals surface area contributed by atoms with Gasteiger partial charge in [0, 0.05) is 36.4 Å². The molecule has 0 saturated carbocycles. The van der Waals surface area contributed by atoms with Crippen LogP contribution in [-0.4, -0.2) is 85.9 Å². The monoisotopic (exact) mass is 458 g/mol. The average Bonchev–Trinajstić information content (AvgIpc) is 3.40. The molecular weight excluding hydrogens is 432 g/mol. The van der Waals surface area contributed by atoms with Gasteiger partial charge in [-0.05, 0) is 12.8 Å². The van der Waals surface area contributed by atoms with Crippen molar-refractivity contribution in [2.45, 2.75) is 43.4 Å². The van der Waals surface area contributed by atoms with E-state index in [-0.39, 0.29) is 17.9 Å². The molecule has 4 unspecified atom stereocenters. The molecule has 1 aromatic heterocycles. The molecule has 30 heavy (non-hydrogen) atoms. The average molecular weight is 459 g/mol. The molecule has 1 saturated heterocycles. The molecule has 0 bridgehead atoms. The molecule has 1 aliphatic heterocycles. The molecule has 0 aromatic carbocycles. The van der Waals surface area contributed by atoms with E-state index in [9.17, 15) is 19.2 Å². The molecule has 1 aliphatic rings. The number of nitrogens with two attached hydrogens (primary N) is 1. The number of nitrogens with one attached hydrogen (secondary N) is 3. The molecule has 0 spiro atoms. The maximum Gasteiger partial charge on any atom is 0.327 e. The van der Waals surface area contributed by atoms with Crippen molar-refractivity contribution >= 4 is 48.9 Å². The summed E-state index contributed by atoms with van der Waals surface area (Å²) in [4.78, 5) is 57.1. The van der Waals surface area contributed by atoms with Crippen LogP contribution in [0.3, 0.4) is 0 Å². The lowest BCUT2D eigenvalue weighted by Gasteiger charge is -2.29. The van der Waals surface area contributed by atoms with Crippen LogP contribution in [0.15, 0.2) is 12.5 Å². The predicted molar refractivity (Wildman–Crippen MR) is 114 cm³/mol. The minimum Gasteiger partial charge on any atom is -0.480 e. The zero-order chi connectivity index (χ0) is 22.3. The van der Waals surface area contributed by atoms with Gasteiger partial charge in [-0.1, -0.05) is 0 Å². The van der Waals surface area contributed by atoms with Crippen LogP contribution < -0.4 is 16.4 Å². The van der Waals surface area contributed by atoms with Gasteiger partial charge in [-0.2, -0.15) is 25.3 Å². The number of hydrogen-bond donors (Lipinski definition) is 7. The lowest BCUT2D eigenvalue weighted by atomic mass is 10.1. The largest absolute Gasteiger partial charge is 0.480 e. The lowest BCUT2D eigenvalue weighted by molar-refractivity contribution is -0.144. The van der Waals surface area contributed by atoms with Gasteiger partial charge in [0.05, 0.1) is 12.4 Å². The number of aliphatic carboxylic acids is 1. The van der Waals surface area contributed by atoms with Crippen molar-refractivity contribution < 1.29 is 24.3 Å². The van der Waals surface area contributed by atoms with E-state index in [1.54, 1.807) is 6.20 Å². The molecule has 0 radical (unpaired) electrons. The Kier molecular flexibility index (Phi) is 8.99. The highest BCUT2D eigenvalue weighted by molar-refractivity contribution is 7.80. The van der Waals surface area contributed by atoms with Gasteiger partial charge >= 0.3 is 5.97 Å². The Labute approximate surface area is 184 Å². The van der Waals surface area contributed by atoms with Gasteiger partial charge < -0.3 is 31.4 Å². The third kappa shape index (κ3) is 6.12. The van der Waals surface area contributed by atoms with E-state index in [1.807, 2.05) is 0 Å². The number of hydrogen-bond acceptors (Lipinski definition) is 8. The molecule has 13 heteroatoms. The van der Waals surface area contributed by atoms with E-state index < -0.39 is 47.9 Å². The third-order valence-corrected chi connectivity index (χ3v) is 5.49. The Bertz CT molecular complexity index is 762. The van der Waals surface area contributed by atoms with Crippen LogP contribution in [0.2, 0.25) is 0 Å². The number of likely N-dealkylation sites (tertiary alicyclic amines) is 1. The summed E-state index contributed by atoms with van der Waals surface area (Å²) in [5.41, 5.74) is 6.58. The van der Waals surface area contributed by atoms with Gasteiger partial charge in [-0.3, -0.25) is 14.4 Å². The number of nitrogens with zero attached hydrogens (tertiary/aromatic N) is 2. The van der Waals surface area contributed by atoms with Crippen molar-refractivity contribution in [1.29, 1.82) is 0 Å². The third-order valence-electron chi connectivity index (χ3n) is 4.76. The summed E-state index contributed by atoms with van der Waals surface area (Å²) in [6.45, 7) is 0.315. The number of imidazole rings is 1. The number of rotatable bonds is 10. The Morgan fingerprint density at radius 2 is 1.97 bits per heavy atom. The zero-order valence-corrected chi connectivity index (χ0v) is 17.9. The first-order valence-corrected chi connectivity index (χ1v) is 10.6. The summed E-state index contributed by atoms with van der Waals surface area (Å²) in [7, 11) is 0. The quantitative estimate of drug-likeness (QED) is 0.202. The summed E-state index contributed by atoms with van der Waals surface area (Å²) < 4.78 is 0. The van der Waals surface area contributed by atoms with Crippen LogP contribution in [0.1, 0.15) is 18.5 Å². The van der Waals surface area contributed by atoms with Crippen molar-refractivity contribution in [3.05, 3.63) is 18.2 Å². The zero-order valence-electron chi connectivity index (χ0n) is 16.2. The lowest BCUT2D eigenvalue weighted by Crippen LogP contribution is -2.57. The van der Waals surface area contributed by atoms with Crippen molar-refractivity contribution in [3.8, 4) is 0 Å². The second-order valence-corrected chi connectivity index (χ2v) is 7.63. The number of aromatic amines is 1. The molecule has 4 atom stereocenters. The topological polar surface area (TPSA) is 171 Å². The minimum atomic E-state index is -1.21. The Morgan fingerprint density at radius 1 is 1.27 bits per heavy atom. The molecule has 11 nitrogen and oxygen atoms in total. The van der Waals surface area contributed by atoms with E-state index in [0.717, 1.165) is 0 Å². The summed E-state index contributed by atoms with van der Waals surface area (Å²) in [6.07, 6.45) is 4.21. The van der Waals surface area contributed by atoms with Crippen molar-refractivity contribution in [2.75, 3.05) is 18.1 Å². The highest BCUT2D eigenvalue weighted by atomic mass is 32.1. The van der Waals surface area contributed by atoms with Gasteiger partial charge in [0.15, 0.2) is 0 Å². The van der Waals surface area contributed by atoms with E-state index in [1.165, 1.54) is 11.2 Å². The standard InChI is InChI=1S/C17H26N6O5S2/c18-10(4-9-5-19-8-20-9)14(24)21-11(6-29)16(26)23-3-1-2-13(23)15(25)22-12(7-30)17(27)28/h5,8,10-13,29-30H,1-4,6-7,18H2,(H,19,20)(H,21,24)(H,22,25)(H,27,28). The van der Waals surface area contributed by atoms with Crippen LogP contribution in [0, 0.1) is 0 Å². The fourth-order valence-corrected chi connectivity index (χ4v) is 3.64. The number of amides is 3. The van der Waals surface area contributed by atoms with E-state index in [0.29, 0.717) is 25.1 Å². The highest BCUT2D eigenvalue weighted by Gasteiger charge is 2.38. The first-order chi connectivity index (χ1) is 14.3. The molecule has 2 heterocycles. The predicted octanol–water partition coefficient (Wildman–Crippen LogP) is -1.82. The maximum absolute atomic E-state index is 12.9. The van der Waals surface area contributed by atoms with Crippen LogP contribution in [0.4, 0.5) is 0 Å². The number of thiol groups is 2. The first kappa shape index (κ1) is 24.0. The van der Waals surface area contributed by atoms with Crippen molar-refractivity contribution in [2.24, 2.45) is 5.73 Å². The van der Waals surface area contributed by atoms with Crippen molar-refractivity contribution in [3.63, 3.8) is 0 Å². The fraction of sp³-hybridized carbons (Fsp3) is 0.588. The molecule has 2 rings (SSSR count). The van der Waals surface area contributed by atoms with Gasteiger partial charge in [-0.25, -0.2) is 9.78 Å². The molecular formula is C17H26N6O5S2. The Morgan fingerprint density at radius 3 is 2.53 bits per heavy atom. The molecule has 6 N–H and O–H groups in total. The van der Waals surface area contributed by atoms with Gasteiger partial charge in [-0.15, -0.1) is 0 Å². The number of carbonyl (C=O) groups excluding carboxylic acids is 3. The molecule has 1 fully saturated rings. The van der Waals surface area contributed by atoms with Crippen LogP contribution >= 0.6 is 25.3 Å². The molecule has 1 aromatic rings. The number of H-pyrrole nitrogens is 1. The highest BCUT2D eigenvalue weighted by Crippen LogP contribution is 2.19. The van der Waals surface area contributed by atoms with E-state index in [2.05, 4.69) is 45.9 Å². The summed E-state index contributed by atoms with van der Waals surface area (Å²) in [5.74, 6) is -2.84. The summed E-state index contributed by atoms with van der Waals surface area (Å²) in [6, 6.07) is -3.84. The SMILES string of the molecule is NC(Cc1cnc[nH]1)C(=O)NC(CS)C(=O)N1CCCC1C(=O)NC(CS)C(=O)O. The molecule has 0 aliphatic carbocycles. The fourth-order valence-electron chi connectivity index (χ4n) is 3.15. The van der Waals surface area contributed by atoms with Crippen molar-refractivity contribution in [1.82, 2.24) is 25.5 Å². The van der Waals surface area contributed by atoms with Gasteiger partial charge in [0.25, 0.3) is 0 Å². The number of carboxylic acid groups (broad SMARTS) is 1. The van der Waals surface area contributed by atoms with Crippen LogP contribution in [-0.2, 0) is 25.6 Å². The normalized spacial score (nSPS) is 19.0. The van der Waals surface area contributed by atoms with Crippen LogP contribution in [0.5, 0.6) is 0 Å².